The van der Waals surface area contributed by atoms with Crippen molar-refractivity contribution in [2.75, 3.05) is 13.6 Å². The van der Waals surface area contributed by atoms with E-state index in [2.05, 4.69) is 4.98 Å². The van der Waals surface area contributed by atoms with Crippen LogP contribution in [0.15, 0.2) is 30.6 Å². The highest BCUT2D eigenvalue weighted by atomic mass is 19.3. The summed E-state index contributed by atoms with van der Waals surface area (Å²) in [7, 11) is 1.71. The molecule has 3 nitrogen and oxygen atoms in total. The first-order valence-corrected chi connectivity index (χ1v) is 9.94. The second kappa shape index (κ2) is 8.98. The number of halogens is 4. The first-order chi connectivity index (χ1) is 14.2. The summed E-state index contributed by atoms with van der Waals surface area (Å²) in [6, 6.07) is 4.04. The molecule has 0 amide bonds. The summed E-state index contributed by atoms with van der Waals surface area (Å²) in [4.78, 5) is 17.1. The van der Waals surface area contributed by atoms with Crippen molar-refractivity contribution in [3.63, 3.8) is 0 Å². The van der Waals surface area contributed by atoms with Crippen molar-refractivity contribution in [2.24, 2.45) is 0 Å². The first-order valence-electron chi connectivity index (χ1n) is 9.94. The van der Waals surface area contributed by atoms with E-state index in [1.807, 2.05) is 6.92 Å². The van der Waals surface area contributed by atoms with Crippen molar-refractivity contribution < 1.29 is 22.4 Å². The van der Waals surface area contributed by atoms with Crippen molar-refractivity contribution in [3.05, 3.63) is 58.7 Å². The van der Waals surface area contributed by atoms with Gasteiger partial charge in [0.1, 0.15) is 12.0 Å². The van der Waals surface area contributed by atoms with Gasteiger partial charge in [-0.25, -0.2) is 17.6 Å². The molecule has 1 aliphatic carbocycles. The van der Waals surface area contributed by atoms with Crippen LogP contribution >= 0.6 is 0 Å². The Bertz CT molecular complexity index is 958. The molecule has 0 saturated heterocycles. The van der Waals surface area contributed by atoms with Crippen LogP contribution in [0.1, 0.15) is 53.2 Å². The minimum atomic E-state index is -2.91. The topological polar surface area (TPSA) is 33.2 Å². The maximum atomic E-state index is 14.6. The quantitative estimate of drug-likeness (QED) is 0.401. The van der Waals surface area contributed by atoms with Crippen LogP contribution in [0, 0.1) is 5.82 Å². The van der Waals surface area contributed by atoms with Gasteiger partial charge in [-0.3, -0.25) is 9.78 Å². The van der Waals surface area contributed by atoms with Gasteiger partial charge in [0.25, 0.3) is 5.92 Å². The number of alkyl halides is 3. The molecule has 0 saturated carbocycles. The Balaban J connectivity index is 1.91. The van der Waals surface area contributed by atoms with Crippen LogP contribution in [-0.4, -0.2) is 35.9 Å². The molecular formula is C23H24F4N2O. The van der Waals surface area contributed by atoms with Crippen LogP contribution < -0.4 is 0 Å². The van der Waals surface area contributed by atoms with E-state index in [1.165, 1.54) is 12.1 Å². The smallest absolute Gasteiger partial charge is 0.275 e. The number of hydrogen-bond acceptors (Lipinski definition) is 3. The minimum absolute atomic E-state index is 0.120. The first kappa shape index (κ1) is 22.0. The Morgan fingerprint density at radius 2 is 2.03 bits per heavy atom. The molecule has 0 radical (unpaired) electrons. The third kappa shape index (κ3) is 4.71. The highest BCUT2D eigenvalue weighted by Crippen LogP contribution is 2.42. The average Bonchev–Trinajstić information content (AvgIpc) is 3.01. The van der Waals surface area contributed by atoms with E-state index >= 15 is 0 Å². The standard InChI is InChI=1S/C23H24F4N2O/c1-3-4-18(24)13-29(2)8-6-15-9-19(21(25)10-17(15)14-30)22-11-16-5-7-23(26,27)20(16)12-28-22/h6,8-12,14,18H,3-5,7,13H2,1-2H3/b8-6-. The van der Waals surface area contributed by atoms with Gasteiger partial charge in [-0.15, -0.1) is 0 Å². The number of fused-ring (bicyclic) bond motifs is 1. The molecule has 7 heteroatoms. The van der Waals surface area contributed by atoms with Gasteiger partial charge in [0, 0.05) is 42.9 Å². The third-order valence-corrected chi connectivity index (χ3v) is 5.26. The van der Waals surface area contributed by atoms with Crippen molar-refractivity contribution in [1.82, 2.24) is 9.88 Å². The zero-order valence-electron chi connectivity index (χ0n) is 17.0. The molecule has 1 aromatic carbocycles. The molecular weight excluding hydrogens is 396 g/mol. The van der Waals surface area contributed by atoms with Crippen molar-refractivity contribution in [3.8, 4) is 11.3 Å². The van der Waals surface area contributed by atoms with E-state index in [0.717, 1.165) is 18.7 Å². The minimum Gasteiger partial charge on any atom is -0.377 e. The number of hydrogen-bond donors (Lipinski definition) is 0. The average molecular weight is 420 g/mol. The number of aldehydes is 1. The Morgan fingerprint density at radius 1 is 1.27 bits per heavy atom. The van der Waals surface area contributed by atoms with Gasteiger partial charge in [-0.2, -0.15) is 0 Å². The molecule has 0 aliphatic heterocycles. The Hall–Kier alpha value is -2.70. The molecule has 1 aromatic heterocycles. The Kier molecular flexibility index (Phi) is 6.58. The number of nitrogens with zero attached hydrogens (tertiary/aromatic N) is 2. The van der Waals surface area contributed by atoms with Gasteiger partial charge in [0.15, 0.2) is 6.29 Å². The fraction of sp³-hybridized carbons (Fsp3) is 0.391. The van der Waals surface area contributed by atoms with Crippen molar-refractivity contribution in [1.29, 1.82) is 0 Å². The second-order valence-corrected chi connectivity index (χ2v) is 7.65. The molecule has 1 heterocycles. The number of carbonyl (C=O) groups is 1. The van der Waals surface area contributed by atoms with E-state index in [1.54, 1.807) is 24.2 Å². The predicted octanol–water partition coefficient (Wildman–Crippen LogP) is 5.78. The van der Waals surface area contributed by atoms with Gasteiger partial charge < -0.3 is 4.90 Å². The van der Waals surface area contributed by atoms with E-state index < -0.39 is 17.9 Å². The summed E-state index contributed by atoms with van der Waals surface area (Å²) in [5, 5.41) is 0. The second-order valence-electron chi connectivity index (χ2n) is 7.65. The number of benzene rings is 1. The van der Waals surface area contributed by atoms with Crippen LogP contribution in [0.4, 0.5) is 17.6 Å². The van der Waals surface area contributed by atoms with Crippen LogP contribution in [0.2, 0.25) is 0 Å². The van der Waals surface area contributed by atoms with E-state index in [9.17, 15) is 22.4 Å². The van der Waals surface area contributed by atoms with Gasteiger partial charge in [0.05, 0.1) is 5.69 Å². The lowest BCUT2D eigenvalue weighted by molar-refractivity contribution is -0.00211. The third-order valence-electron chi connectivity index (χ3n) is 5.26. The fourth-order valence-corrected chi connectivity index (χ4v) is 3.64. The zero-order chi connectivity index (χ0) is 21.9. The normalized spacial score (nSPS) is 15.9. The zero-order valence-corrected chi connectivity index (χ0v) is 17.0. The van der Waals surface area contributed by atoms with Gasteiger partial charge >= 0.3 is 0 Å². The predicted molar refractivity (Wildman–Crippen MR) is 109 cm³/mol. The summed E-state index contributed by atoms with van der Waals surface area (Å²) in [5.74, 6) is -3.57. The number of aromatic nitrogens is 1. The van der Waals surface area contributed by atoms with Crippen molar-refractivity contribution in [2.45, 2.75) is 44.7 Å². The van der Waals surface area contributed by atoms with Crippen LogP contribution in [0.25, 0.3) is 17.3 Å². The molecule has 0 N–H and O–H groups in total. The molecule has 1 unspecified atom stereocenters. The highest BCUT2D eigenvalue weighted by Gasteiger charge is 2.39. The van der Waals surface area contributed by atoms with Crippen LogP contribution in [-0.2, 0) is 12.3 Å². The van der Waals surface area contributed by atoms with Gasteiger partial charge in [-0.05, 0) is 54.4 Å². The Morgan fingerprint density at radius 3 is 2.73 bits per heavy atom. The molecule has 160 valence electrons. The molecule has 2 aromatic rings. The Labute approximate surface area is 173 Å². The molecule has 1 aliphatic rings. The van der Waals surface area contributed by atoms with E-state index in [0.29, 0.717) is 23.8 Å². The monoisotopic (exact) mass is 420 g/mol. The summed E-state index contributed by atoms with van der Waals surface area (Å²) >= 11 is 0. The summed E-state index contributed by atoms with van der Waals surface area (Å²) in [5.41, 5.74) is 1.26. The SMILES string of the molecule is CCCC(F)CN(C)/C=C\c1cc(-c2cc3c(cn2)C(F)(F)CC3)c(F)cc1C=O. The molecule has 0 spiro atoms. The van der Waals surface area contributed by atoms with Gasteiger partial charge in [0.2, 0.25) is 0 Å². The summed E-state index contributed by atoms with van der Waals surface area (Å²) < 4.78 is 56.1. The molecule has 3 rings (SSSR count). The highest BCUT2D eigenvalue weighted by molar-refractivity contribution is 5.84. The molecule has 0 fully saturated rings. The molecule has 1 atom stereocenters. The number of rotatable bonds is 8. The molecule has 0 bridgehead atoms. The molecule has 30 heavy (non-hydrogen) atoms. The van der Waals surface area contributed by atoms with E-state index in [4.69, 9.17) is 0 Å². The van der Waals surface area contributed by atoms with Crippen LogP contribution in [0.3, 0.4) is 0 Å². The lowest BCUT2D eigenvalue weighted by Gasteiger charge is -2.17. The fourth-order valence-electron chi connectivity index (χ4n) is 3.64. The number of pyridine rings is 1. The maximum absolute atomic E-state index is 14.6. The van der Waals surface area contributed by atoms with Crippen LogP contribution in [0.5, 0.6) is 0 Å². The number of carbonyl (C=O) groups excluding carboxylic acids is 1. The largest absolute Gasteiger partial charge is 0.377 e. The summed E-state index contributed by atoms with van der Waals surface area (Å²) in [6.45, 7) is 2.11. The summed E-state index contributed by atoms with van der Waals surface area (Å²) in [6.07, 6.45) is 5.03. The van der Waals surface area contributed by atoms with Gasteiger partial charge in [-0.1, -0.05) is 13.3 Å². The number of aryl methyl sites for hydroxylation is 1. The van der Waals surface area contributed by atoms with E-state index in [-0.39, 0.29) is 41.8 Å². The lowest BCUT2D eigenvalue weighted by Crippen LogP contribution is -2.21. The maximum Gasteiger partial charge on any atom is 0.275 e. The lowest BCUT2D eigenvalue weighted by atomic mass is 10.00. The van der Waals surface area contributed by atoms with Crippen molar-refractivity contribution >= 4 is 12.4 Å².